The van der Waals surface area contributed by atoms with Crippen molar-refractivity contribution in [1.82, 2.24) is 4.72 Å². The number of sulfonamides is 1. The fourth-order valence-electron chi connectivity index (χ4n) is 3.02. The summed E-state index contributed by atoms with van der Waals surface area (Å²) in [4.78, 5) is 10.1. The molecule has 2 atom stereocenters. The Morgan fingerprint density at radius 1 is 1.41 bits per heavy atom. The lowest BCUT2D eigenvalue weighted by Crippen LogP contribution is -2.52. The Labute approximate surface area is 128 Å². The first-order valence-corrected chi connectivity index (χ1v) is 8.70. The molecule has 0 spiro atoms. The second kappa shape index (κ2) is 5.29. The molecule has 120 valence electrons. The third-order valence-corrected chi connectivity index (χ3v) is 5.91. The molecule has 0 aromatic heterocycles. The predicted molar refractivity (Wildman–Crippen MR) is 78.9 cm³/mol. The van der Waals surface area contributed by atoms with Crippen molar-refractivity contribution in [2.75, 3.05) is 6.61 Å². The van der Waals surface area contributed by atoms with Crippen molar-refractivity contribution in [2.24, 2.45) is 5.92 Å². The molecule has 2 fully saturated rings. The van der Waals surface area contributed by atoms with Gasteiger partial charge in [-0.1, -0.05) is 6.07 Å². The summed E-state index contributed by atoms with van der Waals surface area (Å²) >= 11 is 0. The molecule has 1 saturated heterocycles. The highest BCUT2D eigenvalue weighted by atomic mass is 32.2. The maximum Gasteiger partial charge on any atom is 0.270 e. The van der Waals surface area contributed by atoms with Crippen LogP contribution >= 0.6 is 0 Å². The van der Waals surface area contributed by atoms with Gasteiger partial charge in [0.15, 0.2) is 0 Å². The minimum Gasteiger partial charge on any atom is -0.376 e. The van der Waals surface area contributed by atoms with Crippen LogP contribution in [0.15, 0.2) is 29.2 Å². The Morgan fingerprint density at radius 3 is 2.77 bits per heavy atom. The fourth-order valence-corrected chi connectivity index (χ4v) is 4.50. The molecule has 3 rings (SSSR count). The Bertz CT molecular complexity index is 701. The molecular weight excluding hydrogens is 308 g/mol. The lowest BCUT2D eigenvalue weighted by atomic mass is 9.92. The minimum absolute atomic E-state index is 0.0932. The zero-order chi connectivity index (χ0) is 16.0. The number of nitrogens with one attached hydrogen (secondary N) is 1. The molecule has 0 amide bonds. The zero-order valence-corrected chi connectivity index (χ0v) is 13.0. The van der Waals surface area contributed by atoms with Crippen molar-refractivity contribution in [3.8, 4) is 0 Å². The summed E-state index contributed by atoms with van der Waals surface area (Å²) < 4.78 is 33.5. The summed E-state index contributed by atoms with van der Waals surface area (Å²) in [5.41, 5.74) is -0.903. The number of nitrogens with zero attached hydrogens (tertiary/aromatic N) is 1. The van der Waals surface area contributed by atoms with E-state index in [-0.39, 0.29) is 16.7 Å². The summed E-state index contributed by atoms with van der Waals surface area (Å²) in [6.45, 7) is 2.37. The van der Waals surface area contributed by atoms with E-state index in [9.17, 15) is 18.5 Å². The van der Waals surface area contributed by atoms with Crippen molar-refractivity contribution in [3.63, 3.8) is 0 Å². The molecule has 7 nitrogen and oxygen atoms in total. The average molecular weight is 326 g/mol. The van der Waals surface area contributed by atoms with E-state index >= 15 is 0 Å². The molecule has 1 aromatic carbocycles. The van der Waals surface area contributed by atoms with Gasteiger partial charge in [-0.3, -0.25) is 10.1 Å². The number of hydrogen-bond donors (Lipinski definition) is 1. The second-order valence-electron chi connectivity index (χ2n) is 6.16. The molecular formula is C14H18N2O5S. The maximum atomic E-state index is 12.6. The van der Waals surface area contributed by atoms with Crippen LogP contribution in [-0.2, 0) is 14.8 Å². The molecule has 1 aliphatic carbocycles. The highest BCUT2D eigenvalue weighted by molar-refractivity contribution is 7.89. The lowest BCUT2D eigenvalue weighted by Gasteiger charge is -2.30. The van der Waals surface area contributed by atoms with E-state index in [4.69, 9.17) is 4.74 Å². The van der Waals surface area contributed by atoms with Crippen LogP contribution in [0.25, 0.3) is 0 Å². The molecule has 0 bridgehead atoms. The van der Waals surface area contributed by atoms with Crippen LogP contribution in [0.3, 0.4) is 0 Å². The van der Waals surface area contributed by atoms with Crippen LogP contribution in [-0.4, -0.2) is 31.6 Å². The van der Waals surface area contributed by atoms with E-state index in [1.165, 1.54) is 18.2 Å². The molecule has 1 N–H and O–H groups in total. The molecule has 1 aromatic rings. The van der Waals surface area contributed by atoms with Crippen LogP contribution in [0, 0.1) is 16.0 Å². The van der Waals surface area contributed by atoms with Crippen LogP contribution < -0.4 is 4.72 Å². The zero-order valence-electron chi connectivity index (χ0n) is 12.2. The molecule has 2 aliphatic rings. The third-order valence-electron chi connectivity index (χ3n) is 4.30. The number of non-ortho nitro benzene ring substituents is 1. The first kappa shape index (κ1) is 15.4. The number of benzene rings is 1. The largest absolute Gasteiger partial charge is 0.376 e. The maximum absolute atomic E-state index is 12.6. The summed E-state index contributed by atoms with van der Waals surface area (Å²) in [6, 6.07) is 5.08. The SMILES string of the molecule is C[C@@]1(NS(=O)(=O)c2cccc([N+](=O)[O-])c2)CCO[C@@H]1C1CC1. The molecule has 1 aliphatic heterocycles. The smallest absolute Gasteiger partial charge is 0.270 e. The van der Waals surface area contributed by atoms with Crippen LogP contribution in [0.2, 0.25) is 0 Å². The second-order valence-corrected chi connectivity index (χ2v) is 7.84. The van der Waals surface area contributed by atoms with Gasteiger partial charge in [-0.15, -0.1) is 0 Å². The van der Waals surface area contributed by atoms with Gasteiger partial charge in [0, 0.05) is 18.7 Å². The number of rotatable bonds is 5. The van der Waals surface area contributed by atoms with Crippen LogP contribution in [0.5, 0.6) is 0 Å². The number of ether oxygens (including phenoxy) is 1. The molecule has 8 heteroatoms. The highest BCUT2D eigenvalue weighted by Crippen LogP contribution is 2.43. The Hall–Kier alpha value is -1.51. The molecule has 0 unspecified atom stereocenters. The Morgan fingerprint density at radius 2 is 2.14 bits per heavy atom. The van der Waals surface area contributed by atoms with E-state index < -0.39 is 20.5 Å². The topological polar surface area (TPSA) is 98.5 Å². The van der Waals surface area contributed by atoms with Gasteiger partial charge < -0.3 is 4.74 Å². The number of nitro groups is 1. The lowest BCUT2D eigenvalue weighted by molar-refractivity contribution is -0.385. The number of hydrogen-bond acceptors (Lipinski definition) is 5. The van der Waals surface area contributed by atoms with Gasteiger partial charge in [-0.05, 0) is 38.2 Å². The first-order valence-electron chi connectivity index (χ1n) is 7.22. The number of nitro benzene ring substituents is 1. The van der Waals surface area contributed by atoms with Gasteiger partial charge in [0.2, 0.25) is 10.0 Å². The van der Waals surface area contributed by atoms with Gasteiger partial charge in [-0.25, -0.2) is 13.1 Å². The first-order chi connectivity index (χ1) is 10.3. The summed E-state index contributed by atoms with van der Waals surface area (Å²) in [5.74, 6) is 0.403. The Kier molecular flexibility index (Phi) is 3.70. The van der Waals surface area contributed by atoms with E-state index in [0.29, 0.717) is 18.9 Å². The van der Waals surface area contributed by atoms with Gasteiger partial charge in [0.25, 0.3) is 5.69 Å². The monoisotopic (exact) mass is 326 g/mol. The normalized spacial score (nSPS) is 28.7. The summed E-state index contributed by atoms with van der Waals surface area (Å²) in [5, 5.41) is 10.8. The van der Waals surface area contributed by atoms with Gasteiger partial charge in [-0.2, -0.15) is 0 Å². The van der Waals surface area contributed by atoms with E-state index in [2.05, 4.69) is 4.72 Å². The summed E-state index contributed by atoms with van der Waals surface area (Å²) in [7, 11) is -3.83. The quantitative estimate of drug-likeness (QED) is 0.657. The van der Waals surface area contributed by atoms with Gasteiger partial charge >= 0.3 is 0 Å². The predicted octanol–water partition coefficient (Wildman–Crippen LogP) is 1.83. The molecule has 1 saturated carbocycles. The van der Waals surface area contributed by atoms with Crippen molar-refractivity contribution < 1.29 is 18.1 Å². The van der Waals surface area contributed by atoms with Crippen LogP contribution in [0.1, 0.15) is 26.2 Å². The standard InChI is InChI=1S/C14H18N2O5S/c1-14(7-8-21-13(14)10-5-6-10)15-22(19,20)12-4-2-3-11(9-12)16(17)18/h2-4,9-10,13,15H,5-8H2,1H3/t13-,14-/m1/s1. The molecule has 1 heterocycles. The average Bonchev–Trinajstić information content (AvgIpc) is 3.22. The minimum atomic E-state index is -3.83. The Balaban J connectivity index is 1.87. The molecule has 0 radical (unpaired) electrons. The summed E-state index contributed by atoms with van der Waals surface area (Å²) in [6.07, 6.45) is 2.58. The van der Waals surface area contributed by atoms with Crippen molar-refractivity contribution >= 4 is 15.7 Å². The van der Waals surface area contributed by atoms with Crippen molar-refractivity contribution in [2.45, 2.75) is 42.7 Å². The van der Waals surface area contributed by atoms with Crippen molar-refractivity contribution in [1.29, 1.82) is 0 Å². The van der Waals surface area contributed by atoms with E-state index in [0.717, 1.165) is 18.9 Å². The third kappa shape index (κ3) is 2.86. The van der Waals surface area contributed by atoms with Crippen molar-refractivity contribution in [3.05, 3.63) is 34.4 Å². The molecule has 22 heavy (non-hydrogen) atoms. The van der Waals surface area contributed by atoms with E-state index in [1.54, 1.807) is 0 Å². The highest BCUT2D eigenvalue weighted by Gasteiger charge is 2.50. The van der Waals surface area contributed by atoms with Crippen LogP contribution in [0.4, 0.5) is 5.69 Å². The van der Waals surface area contributed by atoms with E-state index in [1.807, 2.05) is 6.92 Å². The fraction of sp³-hybridized carbons (Fsp3) is 0.571. The van der Waals surface area contributed by atoms with Gasteiger partial charge in [0.05, 0.1) is 21.5 Å². The van der Waals surface area contributed by atoms with Gasteiger partial charge in [0.1, 0.15) is 0 Å².